The van der Waals surface area contributed by atoms with E-state index in [1.165, 1.54) is 89.9 Å². The van der Waals surface area contributed by atoms with Gasteiger partial charge in [-0.15, -0.1) is 0 Å². The number of nitrogens with zero attached hydrogens (tertiary/aromatic N) is 14. The smallest absolute Gasteiger partial charge is 0.159 e. The van der Waals surface area contributed by atoms with E-state index >= 15 is 0 Å². The number of hydrogen-bond donors (Lipinski definition) is 0. The molecule has 0 fully saturated rings. The fourth-order valence-electron chi connectivity index (χ4n) is 9.74. The quantitative estimate of drug-likeness (QED) is 0.140. The van der Waals surface area contributed by atoms with Crippen LogP contribution in [-0.2, 0) is 25.7 Å². The minimum atomic E-state index is 0. The maximum atomic E-state index is 4.32. The van der Waals surface area contributed by atoms with Crippen molar-refractivity contribution >= 4 is 76.3 Å². The predicted octanol–water partition coefficient (Wildman–Crippen LogP) is 35.6. The first-order chi connectivity index (χ1) is 62.7. The van der Waals surface area contributed by atoms with Gasteiger partial charge in [0.1, 0.15) is 6.33 Å². The largest absolute Gasteiger partial charge is 0.264 e. The van der Waals surface area contributed by atoms with Gasteiger partial charge in [0.2, 0.25) is 0 Å². The zero-order valence-electron chi connectivity index (χ0n) is 85.8. The predicted molar refractivity (Wildman–Crippen MR) is 574 cm³/mol. The van der Waals surface area contributed by atoms with E-state index in [1.54, 1.807) is 49.7 Å². The number of aromatic nitrogens is 14. The van der Waals surface area contributed by atoms with Crippen LogP contribution in [0.4, 0.5) is 0 Å². The molecule has 0 saturated heterocycles. The minimum Gasteiger partial charge on any atom is -0.264 e. The van der Waals surface area contributed by atoms with Crippen LogP contribution in [0.25, 0.3) is 76.3 Å². The van der Waals surface area contributed by atoms with E-state index in [4.69, 9.17) is 0 Å². The minimum absolute atomic E-state index is 0. The molecule has 700 valence electrons. The number of fused-ring (bicyclic) bond motifs is 9. The summed E-state index contributed by atoms with van der Waals surface area (Å²) in [7, 11) is 0. The van der Waals surface area contributed by atoms with Crippen LogP contribution in [0.15, 0.2) is 305 Å². The maximum Gasteiger partial charge on any atom is 0.159 e. The van der Waals surface area contributed by atoms with E-state index in [1.807, 2.05) is 469 Å². The molecule has 0 atom stereocenters. The Morgan fingerprint density at radius 3 is 0.929 bits per heavy atom. The molecule has 0 amide bonds. The molecule has 6 aromatic carbocycles. The third-order valence-corrected chi connectivity index (χ3v) is 14.3. The fraction of sp³-hybridized carbons (Fsp3) is 0.398. The van der Waals surface area contributed by atoms with Crippen LogP contribution in [0.1, 0.15) is 305 Å². The number of pyridine rings is 6. The van der Waals surface area contributed by atoms with Crippen LogP contribution in [-0.4, -0.2) is 70.2 Å². The molecule has 10 aromatic heterocycles. The van der Waals surface area contributed by atoms with Crippen molar-refractivity contribution in [1.82, 2.24) is 70.2 Å². The van der Waals surface area contributed by atoms with Gasteiger partial charge in [-0.1, -0.05) is 384 Å². The fourth-order valence-corrected chi connectivity index (χ4v) is 9.74. The van der Waals surface area contributed by atoms with Gasteiger partial charge in [-0.2, -0.15) is 20.4 Å². The highest BCUT2D eigenvalue weighted by Gasteiger charge is 2.08. The van der Waals surface area contributed by atoms with Crippen molar-refractivity contribution in [3.8, 4) is 0 Å². The number of aryl methyl sites for hydroxylation is 4. The number of rotatable bonds is 0. The monoisotopic (exact) mass is 1730 g/mol. The van der Waals surface area contributed by atoms with Crippen molar-refractivity contribution in [1.29, 1.82) is 0 Å². The first kappa shape index (κ1) is 136. The van der Waals surface area contributed by atoms with Crippen molar-refractivity contribution < 1.29 is 0 Å². The summed E-state index contributed by atoms with van der Waals surface area (Å²) >= 11 is 0. The van der Waals surface area contributed by atoms with Crippen molar-refractivity contribution in [2.45, 2.75) is 308 Å². The van der Waals surface area contributed by atoms with E-state index in [9.17, 15) is 0 Å². The van der Waals surface area contributed by atoms with Gasteiger partial charge in [-0.05, 0) is 164 Å². The molecule has 0 N–H and O–H groups in total. The summed E-state index contributed by atoms with van der Waals surface area (Å²) in [6.45, 7) is 72.0. The molecule has 0 unspecified atom stereocenters. The van der Waals surface area contributed by atoms with E-state index in [-0.39, 0.29) is 7.43 Å². The highest BCUT2D eigenvalue weighted by molar-refractivity contribution is 5.82. The van der Waals surface area contributed by atoms with E-state index in [0.717, 1.165) is 60.2 Å². The highest BCUT2D eigenvalue weighted by Crippen LogP contribution is 2.20. The average Bonchev–Trinajstić information content (AvgIpc) is 0.949. The molecule has 0 radical (unpaired) electrons. The van der Waals surface area contributed by atoms with Gasteiger partial charge in [0.25, 0.3) is 0 Å². The van der Waals surface area contributed by atoms with Gasteiger partial charge in [-0.3, -0.25) is 29.9 Å². The summed E-state index contributed by atoms with van der Waals surface area (Å²) in [5.41, 5.74) is 11.5. The Bertz CT molecular complexity index is 3510. The van der Waals surface area contributed by atoms with Crippen molar-refractivity contribution in [3.05, 3.63) is 328 Å². The van der Waals surface area contributed by atoms with Gasteiger partial charge in [0.15, 0.2) is 5.65 Å². The molecule has 0 saturated carbocycles. The van der Waals surface area contributed by atoms with E-state index in [2.05, 4.69) is 107 Å². The van der Waals surface area contributed by atoms with Gasteiger partial charge in [0, 0.05) is 106 Å². The summed E-state index contributed by atoms with van der Waals surface area (Å²) in [5, 5.41) is 24.5. The van der Waals surface area contributed by atoms with Crippen LogP contribution in [0.5, 0.6) is 0 Å². The molecule has 16 aromatic rings. The molecule has 0 aliphatic heterocycles. The van der Waals surface area contributed by atoms with Crippen molar-refractivity contribution in [2.75, 3.05) is 0 Å². The molecular formula is C113H178N14. The first-order valence-electron chi connectivity index (χ1n) is 47.9. The molecule has 0 spiro atoms. The van der Waals surface area contributed by atoms with Crippen LogP contribution in [0, 0.1) is 0 Å². The van der Waals surface area contributed by atoms with Crippen molar-refractivity contribution in [2.24, 2.45) is 0 Å². The lowest BCUT2D eigenvalue weighted by atomic mass is 9.94. The Morgan fingerprint density at radius 1 is 0.181 bits per heavy atom. The second-order valence-corrected chi connectivity index (χ2v) is 20.5. The third-order valence-electron chi connectivity index (χ3n) is 14.3. The molecule has 0 bridgehead atoms. The average molecular weight is 1730 g/mol. The number of hydrogen-bond acceptors (Lipinski definition) is 14. The first-order valence-corrected chi connectivity index (χ1v) is 47.9. The normalized spacial score (nSPS) is 8.94. The lowest BCUT2D eigenvalue weighted by molar-refractivity contribution is 0.668. The zero-order valence-corrected chi connectivity index (χ0v) is 85.8. The Balaban J connectivity index is -0.000000145. The van der Waals surface area contributed by atoms with Gasteiger partial charge in [0.05, 0.1) is 46.2 Å². The van der Waals surface area contributed by atoms with Crippen LogP contribution in [0.3, 0.4) is 0 Å². The summed E-state index contributed by atoms with van der Waals surface area (Å²) in [5.74, 6) is 0. The molecule has 2 aliphatic carbocycles. The molecule has 127 heavy (non-hydrogen) atoms. The Kier molecular flexibility index (Phi) is 120. The Hall–Kier alpha value is -11.6. The molecule has 10 heterocycles. The van der Waals surface area contributed by atoms with Gasteiger partial charge >= 0.3 is 0 Å². The van der Waals surface area contributed by atoms with Gasteiger partial charge < -0.3 is 0 Å². The summed E-state index contributed by atoms with van der Waals surface area (Å²) in [6, 6.07) is 70.0. The highest BCUT2D eigenvalue weighted by atomic mass is 15.1. The Labute approximate surface area is 777 Å². The maximum absolute atomic E-state index is 4.32. The SMILES string of the molecule is C.CC.CC.CC.CC.CC.CC.CC.CC.CC.CC.CC.CC.CC.CC.CC.CC.CC.CC.c1cc2c(cn1)CCCC2.c1ccc2cnccc2c1.c1ccc2cnncc2c1.c1ccc2ncccc2c1.c1ccc2nccnc2c1.c1ccc2ncncc2c1.c1ccc2nnccc2c1.c1cnc2c(c1)CCCC2.c1cnc2ncccc2c1. The molecule has 18 rings (SSSR count). The van der Waals surface area contributed by atoms with Crippen molar-refractivity contribution in [3.63, 3.8) is 0 Å². The van der Waals surface area contributed by atoms with Crippen LogP contribution >= 0.6 is 0 Å². The zero-order chi connectivity index (χ0) is 97.3. The molecular weight excluding hydrogens is 1550 g/mol. The molecule has 2 aliphatic rings. The summed E-state index contributed by atoms with van der Waals surface area (Å²) in [4.78, 5) is 41.0. The lowest BCUT2D eigenvalue weighted by Crippen LogP contribution is -2.03. The van der Waals surface area contributed by atoms with Gasteiger partial charge in [-0.25, -0.2) is 19.9 Å². The standard InChI is InChI=1S/C9H11N.C9H7N.C9H11N.C9H7N.5C8H6N2.18C2H6.CH4/c2*1-2-6-9-8(4-1)5-3-7-10-9;2*1-2-4-9-7-10-6-5-8(9)3-1;1-3-7-4-2-6-10-8(7)9-5-1;1-2-4-8-7(3-1)5-9-6-10-8;1-2-4-8-6-10-9-5-7(8)3-1;1-2-4-8-7(3-1)9-5-6-10-8;1-2-4-8-7(3-1)5-6-9-10-8;18*1-2;/h3,5,7H,1-2,4,6H2;1-7H;5-7H,1-4H2;1-7H;5*1-6H;18*1-2H3;1H4. The van der Waals surface area contributed by atoms with E-state index in [0.29, 0.717) is 0 Å². The summed E-state index contributed by atoms with van der Waals surface area (Å²) in [6.07, 6.45) is 37.1. The number of para-hydroxylation sites is 4. The third kappa shape index (κ3) is 63.9. The Morgan fingerprint density at radius 2 is 0.496 bits per heavy atom. The van der Waals surface area contributed by atoms with E-state index < -0.39 is 0 Å². The topological polar surface area (TPSA) is 180 Å². The molecule has 14 nitrogen and oxygen atoms in total. The second kappa shape index (κ2) is 112. The van der Waals surface area contributed by atoms with Crippen LogP contribution < -0.4 is 0 Å². The van der Waals surface area contributed by atoms with Crippen LogP contribution in [0.2, 0.25) is 0 Å². The summed E-state index contributed by atoms with van der Waals surface area (Å²) < 4.78 is 0. The second-order valence-electron chi connectivity index (χ2n) is 20.5. The molecule has 14 heteroatoms. The lowest BCUT2D eigenvalue weighted by Gasteiger charge is -2.13. The number of benzene rings is 6.